The van der Waals surface area contributed by atoms with Gasteiger partial charge >= 0.3 is 0 Å². The summed E-state index contributed by atoms with van der Waals surface area (Å²) in [5.74, 6) is 0.582. The lowest BCUT2D eigenvalue weighted by atomic mass is 10.0. The van der Waals surface area contributed by atoms with E-state index in [4.69, 9.17) is 5.73 Å². The Balaban J connectivity index is 2.48. The van der Waals surface area contributed by atoms with Crippen molar-refractivity contribution in [2.24, 2.45) is 0 Å². The zero-order valence-corrected chi connectivity index (χ0v) is 13.6. The van der Waals surface area contributed by atoms with Crippen LogP contribution in [0.1, 0.15) is 29.8 Å². The van der Waals surface area contributed by atoms with Crippen LogP contribution in [0.4, 0.5) is 11.5 Å². The number of nitro groups is 1. The topological polar surface area (TPSA) is 87.0 Å². The summed E-state index contributed by atoms with van der Waals surface area (Å²) in [6, 6.07) is 5.05. The Kier molecular flexibility index (Phi) is 3.98. The fraction of sp³-hybridized carbons (Fsp3) is 0.308. The molecule has 0 aliphatic rings. The van der Waals surface area contributed by atoms with Crippen LogP contribution in [0.25, 0.3) is 0 Å². The maximum Gasteiger partial charge on any atom is 0.272 e. The number of anilines is 1. The maximum atomic E-state index is 11.0. The van der Waals surface area contributed by atoms with E-state index in [0.29, 0.717) is 11.4 Å². The van der Waals surface area contributed by atoms with Crippen LogP contribution in [0, 0.1) is 27.5 Å². The van der Waals surface area contributed by atoms with E-state index in [2.05, 4.69) is 27.7 Å². The molecule has 0 aliphatic heterocycles. The minimum absolute atomic E-state index is 0.117. The molecule has 6 nitrogen and oxygen atoms in total. The summed E-state index contributed by atoms with van der Waals surface area (Å²) in [5, 5.41) is 15.4. The Morgan fingerprint density at radius 3 is 2.60 bits per heavy atom. The third-order valence-corrected chi connectivity index (χ3v) is 4.66. The number of hydrogen-bond donors (Lipinski definition) is 1. The summed E-state index contributed by atoms with van der Waals surface area (Å²) in [5.41, 5.74) is 8.46. The molecular weight excluding hydrogens is 371 g/mol. The van der Waals surface area contributed by atoms with Crippen LogP contribution < -0.4 is 5.73 Å². The molecule has 0 aliphatic carbocycles. The highest BCUT2D eigenvalue weighted by atomic mass is 127. The van der Waals surface area contributed by atoms with Crippen molar-refractivity contribution in [1.29, 1.82) is 0 Å². The van der Waals surface area contributed by atoms with Crippen LogP contribution in [0.3, 0.4) is 0 Å². The van der Waals surface area contributed by atoms with Gasteiger partial charge in [-0.05, 0) is 48.9 Å². The molecule has 2 aromatic rings. The SMILES string of the molecule is Cc1ccc(C(C)n2nc(C)c(I)c2N)cc1[N+](=O)[O-]. The molecule has 0 amide bonds. The largest absolute Gasteiger partial charge is 0.383 e. The molecule has 1 heterocycles. The van der Waals surface area contributed by atoms with Gasteiger partial charge in [-0.3, -0.25) is 10.1 Å². The first-order valence-corrected chi connectivity index (χ1v) is 7.15. The van der Waals surface area contributed by atoms with Gasteiger partial charge < -0.3 is 5.73 Å². The number of aromatic nitrogens is 2. The average molecular weight is 386 g/mol. The number of rotatable bonds is 3. The Hall–Kier alpha value is -1.64. The number of nitrogens with zero attached hydrogens (tertiary/aromatic N) is 3. The first-order chi connectivity index (χ1) is 9.32. The predicted octanol–water partition coefficient (Wildman–Crippen LogP) is 3.20. The van der Waals surface area contributed by atoms with Crippen molar-refractivity contribution in [2.75, 3.05) is 5.73 Å². The molecule has 106 valence electrons. The molecular formula is C13H15IN4O2. The van der Waals surface area contributed by atoms with Crippen molar-refractivity contribution in [2.45, 2.75) is 26.8 Å². The highest BCUT2D eigenvalue weighted by Crippen LogP contribution is 2.29. The average Bonchev–Trinajstić information content (AvgIpc) is 2.66. The monoisotopic (exact) mass is 386 g/mol. The predicted molar refractivity (Wildman–Crippen MR) is 85.7 cm³/mol. The highest BCUT2D eigenvalue weighted by Gasteiger charge is 2.19. The van der Waals surface area contributed by atoms with E-state index in [1.807, 2.05) is 19.9 Å². The van der Waals surface area contributed by atoms with E-state index >= 15 is 0 Å². The number of nitrogens with two attached hydrogens (primary N) is 1. The molecule has 1 aromatic carbocycles. The Labute approximate surface area is 130 Å². The molecule has 0 radical (unpaired) electrons. The molecule has 20 heavy (non-hydrogen) atoms. The summed E-state index contributed by atoms with van der Waals surface area (Å²) in [6.45, 7) is 5.54. The van der Waals surface area contributed by atoms with Gasteiger partial charge in [0.2, 0.25) is 0 Å². The van der Waals surface area contributed by atoms with Gasteiger partial charge in [0, 0.05) is 11.6 Å². The van der Waals surface area contributed by atoms with E-state index in [-0.39, 0.29) is 16.7 Å². The van der Waals surface area contributed by atoms with Gasteiger partial charge in [-0.15, -0.1) is 0 Å². The van der Waals surface area contributed by atoms with Gasteiger partial charge in [0.25, 0.3) is 5.69 Å². The quantitative estimate of drug-likeness (QED) is 0.499. The molecule has 0 saturated carbocycles. The van der Waals surface area contributed by atoms with Gasteiger partial charge in [-0.1, -0.05) is 12.1 Å². The highest BCUT2D eigenvalue weighted by molar-refractivity contribution is 14.1. The molecule has 2 N–H and O–H groups in total. The van der Waals surface area contributed by atoms with Gasteiger partial charge in [0.05, 0.1) is 20.2 Å². The molecule has 0 bridgehead atoms. The number of nitrogen functional groups attached to an aromatic ring is 1. The first kappa shape index (κ1) is 14.8. The van der Waals surface area contributed by atoms with E-state index in [1.165, 1.54) is 0 Å². The number of hydrogen-bond acceptors (Lipinski definition) is 4. The smallest absolute Gasteiger partial charge is 0.272 e. The summed E-state index contributed by atoms with van der Waals surface area (Å²) in [4.78, 5) is 10.6. The number of aryl methyl sites for hydroxylation is 2. The van der Waals surface area contributed by atoms with E-state index < -0.39 is 0 Å². The third kappa shape index (κ3) is 2.49. The van der Waals surface area contributed by atoms with Gasteiger partial charge in [-0.25, -0.2) is 4.68 Å². The lowest BCUT2D eigenvalue weighted by Gasteiger charge is -2.14. The molecule has 1 aromatic heterocycles. The molecule has 7 heteroatoms. The van der Waals surface area contributed by atoms with Crippen molar-refractivity contribution in [3.63, 3.8) is 0 Å². The molecule has 1 unspecified atom stereocenters. The van der Waals surface area contributed by atoms with Gasteiger partial charge in [-0.2, -0.15) is 5.10 Å². The second kappa shape index (κ2) is 5.39. The fourth-order valence-electron chi connectivity index (χ4n) is 2.06. The zero-order chi connectivity index (χ0) is 15.0. The molecule has 2 rings (SSSR count). The van der Waals surface area contributed by atoms with E-state index in [0.717, 1.165) is 14.8 Å². The van der Waals surface area contributed by atoms with Crippen molar-refractivity contribution >= 4 is 34.1 Å². The molecule has 0 spiro atoms. The second-order valence-electron chi connectivity index (χ2n) is 4.71. The number of halogens is 1. The number of nitro benzene ring substituents is 1. The Morgan fingerprint density at radius 1 is 1.45 bits per heavy atom. The Morgan fingerprint density at radius 2 is 2.10 bits per heavy atom. The van der Waals surface area contributed by atoms with Gasteiger partial charge in [0.1, 0.15) is 5.82 Å². The second-order valence-corrected chi connectivity index (χ2v) is 5.79. The maximum absolute atomic E-state index is 11.0. The van der Waals surface area contributed by atoms with Crippen molar-refractivity contribution in [3.05, 3.63) is 48.7 Å². The van der Waals surface area contributed by atoms with Crippen LogP contribution in [-0.2, 0) is 0 Å². The summed E-state index contributed by atoms with van der Waals surface area (Å²) >= 11 is 2.15. The molecule has 0 fully saturated rings. The van der Waals surface area contributed by atoms with E-state index in [1.54, 1.807) is 23.7 Å². The summed E-state index contributed by atoms with van der Waals surface area (Å²) in [6.07, 6.45) is 0. The minimum Gasteiger partial charge on any atom is -0.383 e. The van der Waals surface area contributed by atoms with Crippen molar-refractivity contribution in [3.8, 4) is 0 Å². The van der Waals surface area contributed by atoms with E-state index in [9.17, 15) is 10.1 Å². The number of benzene rings is 1. The molecule has 1 atom stereocenters. The standard InChI is InChI=1S/C13H15IN4O2/c1-7-4-5-10(6-11(7)18(19)20)9(3)17-13(15)12(14)8(2)16-17/h4-6,9H,15H2,1-3H3. The van der Waals surface area contributed by atoms with Crippen molar-refractivity contribution < 1.29 is 4.92 Å². The van der Waals surface area contributed by atoms with Crippen LogP contribution in [0.15, 0.2) is 18.2 Å². The first-order valence-electron chi connectivity index (χ1n) is 6.08. The minimum atomic E-state index is -0.368. The van der Waals surface area contributed by atoms with Crippen LogP contribution in [-0.4, -0.2) is 14.7 Å². The third-order valence-electron chi connectivity index (χ3n) is 3.33. The Bertz CT molecular complexity index is 681. The zero-order valence-electron chi connectivity index (χ0n) is 11.4. The molecule has 0 saturated heterocycles. The van der Waals surface area contributed by atoms with Gasteiger partial charge in [0.15, 0.2) is 0 Å². The van der Waals surface area contributed by atoms with Crippen LogP contribution in [0.5, 0.6) is 0 Å². The van der Waals surface area contributed by atoms with Crippen molar-refractivity contribution in [1.82, 2.24) is 9.78 Å². The lowest BCUT2D eigenvalue weighted by Crippen LogP contribution is -2.12. The normalized spacial score (nSPS) is 12.4. The van der Waals surface area contributed by atoms with Crippen LogP contribution >= 0.6 is 22.6 Å². The summed E-state index contributed by atoms with van der Waals surface area (Å²) in [7, 11) is 0. The lowest BCUT2D eigenvalue weighted by molar-refractivity contribution is -0.385. The fourth-order valence-corrected chi connectivity index (χ4v) is 2.42. The summed E-state index contributed by atoms with van der Waals surface area (Å²) < 4.78 is 2.61. The van der Waals surface area contributed by atoms with Crippen LogP contribution in [0.2, 0.25) is 0 Å².